The van der Waals surface area contributed by atoms with Crippen LogP contribution in [0.4, 0.5) is 0 Å². The Hall–Kier alpha value is -3.87. The molecule has 6 rings (SSSR count). The number of benzene rings is 6. The third kappa shape index (κ3) is 3.50. The third-order valence-electron chi connectivity index (χ3n) is 6.33. The van der Waals surface area contributed by atoms with Gasteiger partial charge in [0.25, 0.3) is 0 Å². The predicted molar refractivity (Wildman–Crippen MR) is 143 cm³/mol. The van der Waals surface area contributed by atoms with Gasteiger partial charge in [0.05, 0.1) is 0 Å². The molecule has 1 heteroatoms. The van der Waals surface area contributed by atoms with Crippen LogP contribution >= 0.6 is 11.6 Å². The number of rotatable bonds is 3. The Kier molecular flexibility index (Phi) is 4.94. The first-order valence-corrected chi connectivity index (χ1v) is 11.5. The molecule has 0 unspecified atom stereocenters. The zero-order valence-corrected chi connectivity index (χ0v) is 18.8. The van der Waals surface area contributed by atoms with Gasteiger partial charge in [-0.25, -0.2) is 0 Å². The van der Waals surface area contributed by atoms with Gasteiger partial charge in [-0.05, 0) is 67.1 Å². The van der Waals surface area contributed by atoms with Crippen molar-refractivity contribution in [1.82, 2.24) is 0 Å². The van der Waals surface area contributed by atoms with Crippen molar-refractivity contribution in [3.63, 3.8) is 0 Å². The topological polar surface area (TPSA) is 0 Å². The highest BCUT2D eigenvalue weighted by molar-refractivity contribution is 6.32. The Morgan fingerprint density at radius 3 is 1.45 bits per heavy atom. The summed E-state index contributed by atoms with van der Waals surface area (Å²) in [6.07, 6.45) is 0. The second-order valence-electron chi connectivity index (χ2n) is 8.29. The van der Waals surface area contributed by atoms with Crippen molar-refractivity contribution >= 4 is 33.1 Å². The summed E-state index contributed by atoms with van der Waals surface area (Å²) in [4.78, 5) is 0. The van der Waals surface area contributed by atoms with Crippen LogP contribution in [0.3, 0.4) is 0 Å². The molecule has 0 atom stereocenters. The summed E-state index contributed by atoms with van der Waals surface area (Å²) in [7, 11) is 0. The molecule has 156 valence electrons. The Balaban J connectivity index is 1.70. The third-order valence-corrected chi connectivity index (χ3v) is 6.57. The van der Waals surface area contributed by atoms with Gasteiger partial charge >= 0.3 is 0 Å². The van der Waals surface area contributed by atoms with Crippen molar-refractivity contribution < 1.29 is 0 Å². The second-order valence-corrected chi connectivity index (χ2v) is 8.73. The maximum atomic E-state index is 6.46. The van der Waals surface area contributed by atoms with Gasteiger partial charge in [0.1, 0.15) is 0 Å². The maximum absolute atomic E-state index is 6.46. The van der Waals surface area contributed by atoms with E-state index in [0.717, 1.165) is 5.02 Å². The Labute approximate surface area is 198 Å². The van der Waals surface area contributed by atoms with Crippen molar-refractivity contribution in [2.45, 2.75) is 0 Å². The van der Waals surface area contributed by atoms with E-state index in [2.05, 4.69) is 121 Å². The van der Waals surface area contributed by atoms with E-state index in [0.29, 0.717) is 0 Å². The molecule has 0 spiro atoms. The largest absolute Gasteiger partial charge is 0.0843 e. The fourth-order valence-corrected chi connectivity index (χ4v) is 5.00. The molecule has 0 nitrogen and oxygen atoms in total. The molecule has 33 heavy (non-hydrogen) atoms. The maximum Gasteiger partial charge on any atom is 0.0412 e. The summed E-state index contributed by atoms with van der Waals surface area (Å²) in [5, 5.41) is 5.61. The summed E-state index contributed by atoms with van der Waals surface area (Å²) in [6.45, 7) is 0. The standard InChI is InChI=1S/C32H21Cl/c33-26-19-20-29-30(21-26)27-13-7-8-14-28(27)31(24-11-5-2-6-12-24)32(29)25-17-15-23(16-18-25)22-9-3-1-4-10-22/h1-21H. The van der Waals surface area contributed by atoms with E-state index in [4.69, 9.17) is 11.6 Å². The molecule has 0 saturated carbocycles. The van der Waals surface area contributed by atoms with Gasteiger partial charge in [-0.1, -0.05) is 127 Å². The van der Waals surface area contributed by atoms with Crippen LogP contribution in [0.5, 0.6) is 0 Å². The van der Waals surface area contributed by atoms with Crippen molar-refractivity contribution in [2.24, 2.45) is 0 Å². The first-order chi connectivity index (χ1) is 16.3. The predicted octanol–water partition coefficient (Wildman–Crippen LogP) is 9.65. The molecule has 0 bridgehead atoms. The smallest absolute Gasteiger partial charge is 0.0412 e. The lowest BCUT2D eigenvalue weighted by Gasteiger charge is -2.19. The summed E-state index contributed by atoms with van der Waals surface area (Å²) >= 11 is 6.46. The zero-order valence-electron chi connectivity index (χ0n) is 18.0. The van der Waals surface area contributed by atoms with E-state index in [1.54, 1.807) is 0 Å². The van der Waals surface area contributed by atoms with Crippen LogP contribution < -0.4 is 0 Å². The lowest BCUT2D eigenvalue weighted by Crippen LogP contribution is -1.92. The van der Waals surface area contributed by atoms with Crippen LogP contribution in [0.15, 0.2) is 127 Å². The molecule has 0 aliphatic heterocycles. The van der Waals surface area contributed by atoms with Crippen LogP contribution in [0.2, 0.25) is 5.02 Å². The minimum absolute atomic E-state index is 0.755. The molecule has 0 radical (unpaired) electrons. The molecule has 0 aromatic heterocycles. The molecular formula is C32H21Cl. The fraction of sp³-hybridized carbons (Fsp3) is 0. The van der Waals surface area contributed by atoms with Crippen LogP contribution in [-0.4, -0.2) is 0 Å². The average Bonchev–Trinajstić information content (AvgIpc) is 2.89. The number of hydrogen-bond donors (Lipinski definition) is 0. The minimum Gasteiger partial charge on any atom is -0.0843 e. The highest BCUT2D eigenvalue weighted by Gasteiger charge is 2.17. The van der Waals surface area contributed by atoms with Crippen LogP contribution in [0.1, 0.15) is 0 Å². The highest BCUT2D eigenvalue weighted by atomic mass is 35.5. The first kappa shape index (κ1) is 19.8. The lowest BCUT2D eigenvalue weighted by molar-refractivity contribution is 1.60. The van der Waals surface area contributed by atoms with Gasteiger partial charge in [0.2, 0.25) is 0 Å². The van der Waals surface area contributed by atoms with Crippen molar-refractivity contribution in [3.05, 3.63) is 132 Å². The summed E-state index contributed by atoms with van der Waals surface area (Å²) in [5.41, 5.74) is 7.36. The van der Waals surface area contributed by atoms with Crippen molar-refractivity contribution in [3.8, 4) is 33.4 Å². The highest BCUT2D eigenvalue weighted by Crippen LogP contribution is 2.45. The van der Waals surface area contributed by atoms with Crippen molar-refractivity contribution in [1.29, 1.82) is 0 Å². The SMILES string of the molecule is Clc1ccc2c(-c3ccc(-c4ccccc4)cc3)c(-c3ccccc3)c3ccccc3c2c1. The van der Waals surface area contributed by atoms with E-state index >= 15 is 0 Å². The zero-order chi connectivity index (χ0) is 22.2. The molecule has 6 aromatic carbocycles. The van der Waals surface area contributed by atoms with E-state index in [1.165, 1.54) is 54.9 Å². The van der Waals surface area contributed by atoms with Crippen LogP contribution in [-0.2, 0) is 0 Å². The molecule has 0 aliphatic rings. The Bertz CT molecular complexity index is 1580. The molecule has 0 amide bonds. The minimum atomic E-state index is 0.755. The van der Waals surface area contributed by atoms with Gasteiger partial charge in [-0.3, -0.25) is 0 Å². The average molecular weight is 441 g/mol. The van der Waals surface area contributed by atoms with Gasteiger partial charge < -0.3 is 0 Å². The van der Waals surface area contributed by atoms with Gasteiger partial charge in [-0.2, -0.15) is 0 Å². The molecule has 0 saturated heterocycles. The number of fused-ring (bicyclic) bond motifs is 3. The summed E-state index contributed by atoms with van der Waals surface area (Å²) in [5.74, 6) is 0. The number of hydrogen-bond acceptors (Lipinski definition) is 0. The van der Waals surface area contributed by atoms with Crippen LogP contribution in [0.25, 0.3) is 54.9 Å². The van der Waals surface area contributed by atoms with Crippen LogP contribution in [0, 0.1) is 0 Å². The molecule has 0 heterocycles. The van der Waals surface area contributed by atoms with Gasteiger partial charge in [0.15, 0.2) is 0 Å². The van der Waals surface area contributed by atoms with E-state index in [-0.39, 0.29) is 0 Å². The normalized spacial score (nSPS) is 11.2. The fourth-order valence-electron chi connectivity index (χ4n) is 4.83. The van der Waals surface area contributed by atoms with E-state index in [1.807, 2.05) is 6.07 Å². The second kappa shape index (κ2) is 8.24. The molecule has 0 aliphatic carbocycles. The molecular weight excluding hydrogens is 420 g/mol. The van der Waals surface area contributed by atoms with Gasteiger partial charge in [0, 0.05) is 5.02 Å². The quantitative estimate of drug-likeness (QED) is 0.240. The van der Waals surface area contributed by atoms with E-state index in [9.17, 15) is 0 Å². The van der Waals surface area contributed by atoms with Gasteiger partial charge in [-0.15, -0.1) is 0 Å². The summed E-state index contributed by atoms with van der Waals surface area (Å²) < 4.78 is 0. The molecule has 6 aromatic rings. The monoisotopic (exact) mass is 440 g/mol. The first-order valence-electron chi connectivity index (χ1n) is 11.1. The Morgan fingerprint density at radius 2 is 0.788 bits per heavy atom. The molecule has 0 fully saturated rings. The van der Waals surface area contributed by atoms with Crippen molar-refractivity contribution in [2.75, 3.05) is 0 Å². The lowest BCUT2D eigenvalue weighted by atomic mass is 9.85. The summed E-state index contributed by atoms with van der Waals surface area (Å²) in [6, 6.07) is 45.0. The van der Waals surface area contributed by atoms with E-state index < -0.39 is 0 Å². The Morgan fingerprint density at radius 1 is 0.333 bits per heavy atom. The molecule has 0 N–H and O–H groups in total. The number of halogens is 1.